The maximum absolute atomic E-state index is 12.9. The summed E-state index contributed by atoms with van der Waals surface area (Å²) in [6, 6.07) is -0.383. The molecule has 2 aliphatic rings. The molecule has 0 aromatic carbocycles. The minimum absolute atomic E-state index is 0. The van der Waals surface area contributed by atoms with Crippen molar-refractivity contribution in [1.29, 1.82) is 0 Å². The van der Waals surface area contributed by atoms with Crippen molar-refractivity contribution in [3.63, 3.8) is 0 Å². The number of nitrogens with two attached hydrogens (primary N) is 1. The van der Waals surface area contributed by atoms with Gasteiger partial charge in [0.25, 0.3) is 10.2 Å². The van der Waals surface area contributed by atoms with Crippen LogP contribution >= 0.6 is 12.4 Å². The number of hydrogen-bond acceptors (Lipinski definition) is 4. The Morgan fingerprint density at radius 3 is 2.15 bits per heavy atom. The average molecular weight is 411 g/mol. The Kier molecular flexibility index (Phi) is 9.29. The number of rotatable bonds is 6. The number of carbonyl (C=O) groups excluding carboxylic acids is 1. The van der Waals surface area contributed by atoms with E-state index in [1.165, 1.54) is 10.7 Å². The quantitative estimate of drug-likeness (QED) is 0.717. The Bertz CT molecular complexity index is 544. The van der Waals surface area contributed by atoms with Gasteiger partial charge in [-0.05, 0) is 25.2 Å². The van der Waals surface area contributed by atoms with Crippen LogP contribution in [0.1, 0.15) is 52.4 Å². The van der Waals surface area contributed by atoms with Crippen LogP contribution in [0.25, 0.3) is 0 Å². The van der Waals surface area contributed by atoms with Gasteiger partial charge in [0.05, 0.1) is 6.04 Å². The Balaban J connectivity index is 0.00000338. The van der Waals surface area contributed by atoms with E-state index in [0.29, 0.717) is 38.5 Å². The summed E-state index contributed by atoms with van der Waals surface area (Å²) in [7, 11) is -1.76. The maximum Gasteiger partial charge on any atom is 0.282 e. The van der Waals surface area contributed by atoms with Gasteiger partial charge in [0.15, 0.2) is 0 Å². The molecule has 154 valence electrons. The lowest BCUT2D eigenvalue weighted by Gasteiger charge is -2.39. The highest BCUT2D eigenvalue weighted by Gasteiger charge is 2.36. The van der Waals surface area contributed by atoms with E-state index < -0.39 is 16.3 Å². The average Bonchev–Trinajstić information content (AvgIpc) is 2.60. The summed E-state index contributed by atoms with van der Waals surface area (Å²) in [6.45, 7) is 5.61. The molecule has 0 bridgehead atoms. The summed E-state index contributed by atoms with van der Waals surface area (Å²) in [6.07, 6.45) is 5.93. The van der Waals surface area contributed by atoms with Gasteiger partial charge in [-0.3, -0.25) is 4.79 Å². The molecule has 0 radical (unpaired) electrons. The molecule has 1 amide bonds. The van der Waals surface area contributed by atoms with Crippen molar-refractivity contribution in [2.24, 2.45) is 11.7 Å². The Morgan fingerprint density at radius 2 is 1.65 bits per heavy atom. The van der Waals surface area contributed by atoms with Crippen LogP contribution in [0.4, 0.5) is 0 Å². The fourth-order valence-electron chi connectivity index (χ4n) is 3.80. The van der Waals surface area contributed by atoms with Crippen LogP contribution in [0.3, 0.4) is 0 Å². The second-order valence-corrected chi connectivity index (χ2v) is 9.76. The maximum atomic E-state index is 12.9. The normalized spacial score (nSPS) is 21.7. The third-order valence-electron chi connectivity index (χ3n) is 5.37. The molecule has 0 aromatic heterocycles. The minimum atomic E-state index is -3.45. The summed E-state index contributed by atoms with van der Waals surface area (Å²) in [5.41, 5.74) is 5.98. The first-order chi connectivity index (χ1) is 11.7. The molecule has 2 N–H and O–H groups in total. The molecule has 0 unspecified atom stereocenters. The SMILES string of the molecule is CC(C)C[C@H](N)C(=O)N1CCN(S(=O)(=O)N(C)C2CCCCC2)CC1.Cl. The van der Waals surface area contributed by atoms with E-state index in [1.54, 1.807) is 16.3 Å². The van der Waals surface area contributed by atoms with Crippen molar-refractivity contribution in [3.8, 4) is 0 Å². The van der Waals surface area contributed by atoms with Crippen LogP contribution in [-0.4, -0.2) is 73.1 Å². The molecule has 26 heavy (non-hydrogen) atoms. The predicted molar refractivity (Wildman–Crippen MR) is 106 cm³/mol. The molecule has 7 nitrogen and oxygen atoms in total. The third kappa shape index (κ3) is 5.79. The van der Waals surface area contributed by atoms with Gasteiger partial charge < -0.3 is 10.6 Å². The third-order valence-corrected chi connectivity index (χ3v) is 7.42. The molecule has 2 rings (SSSR count). The highest BCUT2D eigenvalue weighted by Crippen LogP contribution is 2.25. The van der Waals surface area contributed by atoms with Gasteiger partial charge in [-0.25, -0.2) is 0 Å². The molecule has 1 saturated heterocycles. The largest absolute Gasteiger partial charge is 0.339 e. The highest BCUT2D eigenvalue weighted by atomic mass is 35.5. The van der Waals surface area contributed by atoms with E-state index in [2.05, 4.69) is 0 Å². The van der Waals surface area contributed by atoms with Gasteiger partial charge in [-0.1, -0.05) is 33.1 Å². The molecular weight excluding hydrogens is 376 g/mol. The molecule has 1 aliphatic heterocycles. The second-order valence-electron chi connectivity index (χ2n) is 7.78. The summed E-state index contributed by atoms with van der Waals surface area (Å²) in [5, 5.41) is 0. The van der Waals surface area contributed by atoms with E-state index in [1.807, 2.05) is 13.8 Å². The first-order valence-corrected chi connectivity index (χ1v) is 10.9. The molecule has 0 spiro atoms. The Morgan fingerprint density at radius 1 is 1.12 bits per heavy atom. The van der Waals surface area contributed by atoms with Crippen molar-refractivity contribution in [2.45, 2.75) is 64.5 Å². The fourth-order valence-corrected chi connectivity index (χ4v) is 5.37. The second kappa shape index (κ2) is 10.2. The number of halogens is 1. The van der Waals surface area contributed by atoms with Crippen molar-refractivity contribution in [1.82, 2.24) is 13.5 Å². The molecule has 1 heterocycles. The number of hydrogen-bond donors (Lipinski definition) is 1. The van der Waals surface area contributed by atoms with Gasteiger partial charge in [0, 0.05) is 39.3 Å². The fraction of sp³-hybridized carbons (Fsp3) is 0.941. The van der Waals surface area contributed by atoms with E-state index in [4.69, 9.17) is 5.73 Å². The summed E-state index contributed by atoms with van der Waals surface area (Å²) < 4.78 is 28.8. The zero-order chi connectivity index (χ0) is 18.6. The zero-order valence-electron chi connectivity index (χ0n) is 16.3. The number of amides is 1. The summed E-state index contributed by atoms with van der Waals surface area (Å²) >= 11 is 0. The van der Waals surface area contributed by atoms with Crippen molar-refractivity contribution < 1.29 is 13.2 Å². The van der Waals surface area contributed by atoms with Crippen molar-refractivity contribution in [2.75, 3.05) is 33.2 Å². The van der Waals surface area contributed by atoms with Crippen LogP contribution in [-0.2, 0) is 15.0 Å². The van der Waals surface area contributed by atoms with Gasteiger partial charge in [0.1, 0.15) is 0 Å². The number of nitrogens with zero attached hydrogens (tertiary/aromatic N) is 3. The summed E-state index contributed by atoms with van der Waals surface area (Å²) in [5.74, 6) is 0.302. The molecule has 2 fully saturated rings. The number of carbonyl (C=O) groups is 1. The Labute approximate surface area is 164 Å². The smallest absolute Gasteiger partial charge is 0.282 e. The van der Waals surface area contributed by atoms with Crippen LogP contribution in [0.2, 0.25) is 0 Å². The molecule has 9 heteroatoms. The first-order valence-electron chi connectivity index (χ1n) is 9.51. The van der Waals surface area contributed by atoms with E-state index in [-0.39, 0.29) is 24.4 Å². The van der Waals surface area contributed by atoms with Crippen LogP contribution in [0, 0.1) is 5.92 Å². The monoisotopic (exact) mass is 410 g/mol. The van der Waals surface area contributed by atoms with E-state index in [0.717, 1.165) is 25.7 Å². The highest BCUT2D eigenvalue weighted by molar-refractivity contribution is 7.86. The molecule has 1 aliphatic carbocycles. The number of piperazine rings is 1. The molecular formula is C17H35ClN4O3S. The van der Waals surface area contributed by atoms with E-state index >= 15 is 0 Å². The zero-order valence-corrected chi connectivity index (χ0v) is 17.9. The summed E-state index contributed by atoms with van der Waals surface area (Å²) in [4.78, 5) is 14.1. The van der Waals surface area contributed by atoms with Crippen molar-refractivity contribution >= 4 is 28.5 Å². The predicted octanol–water partition coefficient (Wildman–Crippen LogP) is 1.44. The minimum Gasteiger partial charge on any atom is -0.339 e. The standard InChI is InChI=1S/C17H34N4O3S.ClH/c1-14(2)13-16(18)17(22)20-9-11-21(12-10-20)25(23,24)19(3)15-7-5-4-6-8-15;/h14-16H,4-13,18H2,1-3H3;1H/t16-;/m0./s1. The van der Waals surface area contributed by atoms with Gasteiger partial charge in [0.2, 0.25) is 5.91 Å². The first kappa shape index (κ1) is 23.6. The van der Waals surface area contributed by atoms with Crippen LogP contribution in [0.15, 0.2) is 0 Å². The topological polar surface area (TPSA) is 87.0 Å². The van der Waals surface area contributed by atoms with Crippen LogP contribution < -0.4 is 5.73 Å². The lowest BCUT2D eigenvalue weighted by molar-refractivity contribution is -0.134. The van der Waals surface area contributed by atoms with Gasteiger partial charge >= 0.3 is 0 Å². The van der Waals surface area contributed by atoms with Crippen LogP contribution in [0.5, 0.6) is 0 Å². The van der Waals surface area contributed by atoms with E-state index in [9.17, 15) is 13.2 Å². The molecule has 0 aromatic rings. The lowest BCUT2D eigenvalue weighted by atomic mass is 9.96. The Hall–Kier alpha value is -0.410. The molecule has 1 saturated carbocycles. The van der Waals surface area contributed by atoms with Gasteiger partial charge in [-0.15, -0.1) is 12.4 Å². The van der Waals surface area contributed by atoms with Gasteiger partial charge in [-0.2, -0.15) is 17.0 Å². The lowest BCUT2D eigenvalue weighted by Crippen LogP contribution is -2.57. The molecule has 1 atom stereocenters. The van der Waals surface area contributed by atoms with Crippen molar-refractivity contribution in [3.05, 3.63) is 0 Å².